The second-order valence-corrected chi connectivity index (χ2v) is 5.45. The first-order valence-electron chi connectivity index (χ1n) is 7.46. The van der Waals surface area contributed by atoms with Crippen molar-refractivity contribution in [2.24, 2.45) is 7.05 Å². The van der Waals surface area contributed by atoms with Crippen molar-refractivity contribution in [3.63, 3.8) is 0 Å². The van der Waals surface area contributed by atoms with Gasteiger partial charge in [0.15, 0.2) is 5.65 Å². The summed E-state index contributed by atoms with van der Waals surface area (Å²) in [5, 5.41) is 16.3. The number of nitrogens with zero attached hydrogens (tertiary/aromatic N) is 3. The third-order valence-corrected chi connectivity index (χ3v) is 3.96. The molecule has 0 spiro atoms. The Morgan fingerprint density at radius 1 is 1.35 bits per heavy atom. The van der Waals surface area contributed by atoms with Crippen LogP contribution in [0.25, 0.3) is 21.9 Å². The third-order valence-electron chi connectivity index (χ3n) is 3.96. The van der Waals surface area contributed by atoms with Gasteiger partial charge in [-0.05, 0) is 18.6 Å². The topological polar surface area (TPSA) is 91.4 Å². The number of H-pyrrole nitrogens is 2. The van der Waals surface area contributed by atoms with Gasteiger partial charge in [-0.15, -0.1) is 0 Å². The molecular weight excluding hydrogens is 292 g/mol. The second-order valence-electron chi connectivity index (χ2n) is 5.45. The quantitative estimate of drug-likeness (QED) is 0.543. The van der Waals surface area contributed by atoms with Crippen LogP contribution in [-0.2, 0) is 13.5 Å². The summed E-state index contributed by atoms with van der Waals surface area (Å²) in [4.78, 5) is 15.6. The number of benzene rings is 1. The highest BCUT2D eigenvalue weighted by molar-refractivity contribution is 6.09. The average Bonchev–Trinajstić information content (AvgIpc) is 3.23. The Labute approximate surface area is 131 Å². The van der Waals surface area contributed by atoms with Crippen molar-refractivity contribution < 1.29 is 4.79 Å². The number of aryl methyl sites for hydroxylation is 2. The maximum atomic E-state index is 12.5. The molecule has 4 aromatic rings. The molecule has 4 rings (SSSR count). The highest BCUT2D eigenvalue weighted by atomic mass is 16.2. The zero-order valence-corrected chi connectivity index (χ0v) is 12.8. The molecule has 3 aromatic heterocycles. The number of fused-ring (bicyclic) bond motifs is 2. The van der Waals surface area contributed by atoms with Gasteiger partial charge in [0, 0.05) is 18.0 Å². The van der Waals surface area contributed by atoms with Crippen molar-refractivity contribution in [2.45, 2.75) is 13.3 Å². The van der Waals surface area contributed by atoms with E-state index in [1.165, 1.54) is 0 Å². The smallest absolute Gasteiger partial charge is 0.273 e. The lowest BCUT2D eigenvalue weighted by molar-refractivity contribution is 0.102. The number of hydrogen-bond donors (Lipinski definition) is 3. The first kappa shape index (κ1) is 13.6. The van der Waals surface area contributed by atoms with Gasteiger partial charge in [-0.1, -0.05) is 25.1 Å². The molecule has 0 saturated carbocycles. The van der Waals surface area contributed by atoms with Gasteiger partial charge in [0.25, 0.3) is 5.91 Å². The molecule has 0 atom stereocenters. The van der Waals surface area contributed by atoms with Gasteiger partial charge in [-0.25, -0.2) is 4.68 Å². The van der Waals surface area contributed by atoms with Crippen LogP contribution in [0.2, 0.25) is 0 Å². The van der Waals surface area contributed by atoms with E-state index in [1.54, 1.807) is 4.68 Å². The molecule has 0 aliphatic carbocycles. The van der Waals surface area contributed by atoms with Crippen LogP contribution >= 0.6 is 0 Å². The largest absolute Gasteiger partial charge is 0.351 e. The van der Waals surface area contributed by atoms with E-state index in [-0.39, 0.29) is 5.91 Å². The fourth-order valence-electron chi connectivity index (χ4n) is 2.83. The third kappa shape index (κ3) is 2.09. The Hall–Kier alpha value is -3.09. The van der Waals surface area contributed by atoms with Crippen molar-refractivity contribution in [2.75, 3.05) is 5.32 Å². The van der Waals surface area contributed by atoms with Gasteiger partial charge >= 0.3 is 0 Å². The van der Waals surface area contributed by atoms with Crippen LogP contribution < -0.4 is 5.32 Å². The van der Waals surface area contributed by atoms with E-state index in [1.807, 2.05) is 44.3 Å². The minimum Gasteiger partial charge on any atom is -0.351 e. The van der Waals surface area contributed by atoms with Crippen molar-refractivity contribution in [1.82, 2.24) is 25.0 Å². The molecule has 0 saturated heterocycles. The molecule has 0 radical (unpaired) electrons. The predicted octanol–water partition coefficient (Wildman–Crippen LogP) is 2.59. The molecule has 0 bridgehead atoms. The molecule has 116 valence electrons. The summed E-state index contributed by atoms with van der Waals surface area (Å²) >= 11 is 0. The molecule has 7 heteroatoms. The predicted molar refractivity (Wildman–Crippen MR) is 88.5 cm³/mol. The summed E-state index contributed by atoms with van der Waals surface area (Å²) in [6, 6.07) is 9.62. The highest BCUT2D eigenvalue weighted by Crippen LogP contribution is 2.25. The van der Waals surface area contributed by atoms with E-state index in [2.05, 4.69) is 25.6 Å². The van der Waals surface area contributed by atoms with Gasteiger partial charge in [0.1, 0.15) is 11.5 Å². The summed E-state index contributed by atoms with van der Waals surface area (Å²) in [7, 11) is 1.84. The maximum absolute atomic E-state index is 12.5. The first-order chi connectivity index (χ1) is 11.2. The minimum absolute atomic E-state index is 0.211. The molecule has 0 aliphatic heterocycles. The van der Waals surface area contributed by atoms with Crippen molar-refractivity contribution in [3.8, 4) is 0 Å². The van der Waals surface area contributed by atoms with Crippen LogP contribution in [0.5, 0.6) is 0 Å². The Morgan fingerprint density at radius 3 is 2.96 bits per heavy atom. The number of aromatic nitrogens is 5. The number of carbonyl (C=O) groups excluding carboxylic acids is 1. The lowest BCUT2D eigenvalue weighted by Crippen LogP contribution is -2.13. The average molecular weight is 308 g/mol. The van der Waals surface area contributed by atoms with Crippen LogP contribution in [0, 0.1) is 0 Å². The van der Waals surface area contributed by atoms with Gasteiger partial charge in [0.2, 0.25) is 0 Å². The molecule has 0 aliphatic rings. The lowest BCUT2D eigenvalue weighted by Gasteiger charge is -2.01. The summed E-state index contributed by atoms with van der Waals surface area (Å²) in [5.41, 5.74) is 3.08. The number of hydrogen-bond acceptors (Lipinski definition) is 3. The first-order valence-corrected chi connectivity index (χ1v) is 7.46. The number of nitrogens with one attached hydrogen (secondary N) is 3. The van der Waals surface area contributed by atoms with E-state index in [0.717, 1.165) is 34.1 Å². The fraction of sp³-hybridized carbons (Fsp3) is 0.188. The zero-order chi connectivity index (χ0) is 16.0. The summed E-state index contributed by atoms with van der Waals surface area (Å²) in [6.45, 7) is 2.03. The maximum Gasteiger partial charge on any atom is 0.273 e. The van der Waals surface area contributed by atoms with Gasteiger partial charge in [-0.3, -0.25) is 9.89 Å². The molecule has 3 N–H and O–H groups in total. The molecule has 23 heavy (non-hydrogen) atoms. The van der Waals surface area contributed by atoms with Crippen LogP contribution in [-0.4, -0.2) is 30.9 Å². The minimum atomic E-state index is -0.211. The number of aromatic amines is 2. The number of anilines is 1. The summed E-state index contributed by atoms with van der Waals surface area (Å²) < 4.78 is 1.71. The van der Waals surface area contributed by atoms with Crippen LogP contribution in [0.3, 0.4) is 0 Å². The lowest BCUT2D eigenvalue weighted by atomic mass is 10.2. The summed E-state index contributed by atoms with van der Waals surface area (Å²) in [6.07, 6.45) is 0.770. The van der Waals surface area contributed by atoms with E-state index in [4.69, 9.17) is 0 Å². The Morgan fingerprint density at radius 2 is 2.17 bits per heavy atom. The summed E-state index contributed by atoms with van der Waals surface area (Å²) in [5.74, 6) is 0.367. The standard InChI is InChI=1S/C16H16N6O/c1-3-10-13-14(19-20-15(13)22(2)21-10)18-16(23)12-8-9-6-4-5-7-11(9)17-12/h4-8,17H,3H2,1-2H3,(H2,18,19,20,23). The Bertz CT molecular complexity index is 989. The van der Waals surface area contributed by atoms with Gasteiger partial charge < -0.3 is 10.3 Å². The molecule has 3 heterocycles. The van der Waals surface area contributed by atoms with E-state index in [0.29, 0.717) is 11.5 Å². The fourth-order valence-corrected chi connectivity index (χ4v) is 2.83. The Kier molecular flexibility index (Phi) is 2.94. The highest BCUT2D eigenvalue weighted by Gasteiger charge is 2.18. The van der Waals surface area contributed by atoms with Crippen LogP contribution in [0.1, 0.15) is 23.1 Å². The zero-order valence-electron chi connectivity index (χ0n) is 12.8. The molecule has 0 fully saturated rings. The molecule has 1 amide bonds. The van der Waals surface area contributed by atoms with Gasteiger partial charge in [0.05, 0.1) is 11.1 Å². The molecule has 0 unspecified atom stereocenters. The van der Waals surface area contributed by atoms with Crippen LogP contribution in [0.15, 0.2) is 30.3 Å². The second kappa shape index (κ2) is 4.98. The van der Waals surface area contributed by atoms with Crippen molar-refractivity contribution in [1.29, 1.82) is 0 Å². The van der Waals surface area contributed by atoms with Crippen LogP contribution in [0.4, 0.5) is 5.82 Å². The Balaban J connectivity index is 1.71. The van der Waals surface area contributed by atoms with E-state index >= 15 is 0 Å². The molecule has 7 nitrogen and oxygen atoms in total. The number of rotatable bonds is 3. The van der Waals surface area contributed by atoms with Crippen molar-refractivity contribution in [3.05, 3.63) is 41.7 Å². The number of para-hydroxylation sites is 1. The number of carbonyl (C=O) groups is 1. The van der Waals surface area contributed by atoms with E-state index in [9.17, 15) is 4.79 Å². The normalized spacial score (nSPS) is 11.4. The van der Waals surface area contributed by atoms with Crippen molar-refractivity contribution >= 4 is 33.7 Å². The van der Waals surface area contributed by atoms with Gasteiger partial charge in [-0.2, -0.15) is 10.2 Å². The molecule has 1 aromatic carbocycles. The van der Waals surface area contributed by atoms with E-state index < -0.39 is 0 Å². The monoisotopic (exact) mass is 308 g/mol. The molecular formula is C16H16N6O. The number of amides is 1. The SMILES string of the molecule is CCc1nn(C)c2n[nH]c(NC(=O)c3cc4ccccc4[nH]3)c12.